The molecule has 0 aliphatic rings. The zero-order valence-electron chi connectivity index (χ0n) is 8.25. The molecule has 0 atom stereocenters. The van der Waals surface area contributed by atoms with Crippen LogP contribution in [0.25, 0.3) is 0 Å². The third-order valence-corrected chi connectivity index (χ3v) is 2.34. The van der Waals surface area contributed by atoms with Crippen molar-refractivity contribution in [2.24, 2.45) is 0 Å². The molecule has 0 saturated carbocycles. The van der Waals surface area contributed by atoms with Crippen LogP contribution in [-0.4, -0.2) is 11.1 Å². The minimum atomic E-state index is -0.921. The first kappa shape index (κ1) is 11.5. The second kappa shape index (κ2) is 4.81. The van der Waals surface area contributed by atoms with Gasteiger partial charge < -0.3 is 5.11 Å². The number of hydrogen-bond donors (Lipinski definition) is 1. The fourth-order valence-corrected chi connectivity index (χ4v) is 1.77. The molecule has 0 unspecified atom stereocenters. The molecule has 1 rings (SSSR count). The molecule has 78 valence electrons. The Bertz CT molecular complexity index is 435. The third-order valence-electron chi connectivity index (χ3n) is 2.12. The average molecular weight is 224 g/mol. The number of benzene rings is 1. The quantitative estimate of drug-likeness (QED) is 0.856. The van der Waals surface area contributed by atoms with Gasteiger partial charge in [0.1, 0.15) is 0 Å². The van der Waals surface area contributed by atoms with E-state index in [-0.39, 0.29) is 6.42 Å². The minimum absolute atomic E-state index is 0.0988. The van der Waals surface area contributed by atoms with E-state index in [9.17, 15) is 4.79 Å². The topological polar surface area (TPSA) is 61.1 Å². The lowest BCUT2D eigenvalue weighted by molar-refractivity contribution is -0.136. The van der Waals surface area contributed by atoms with Gasteiger partial charge in [0, 0.05) is 5.02 Å². The molecular weight excluding hydrogens is 214 g/mol. The highest BCUT2D eigenvalue weighted by Gasteiger charge is 2.11. The van der Waals surface area contributed by atoms with E-state index in [0.717, 1.165) is 5.56 Å². The lowest BCUT2D eigenvalue weighted by Gasteiger charge is -2.08. The first-order valence-corrected chi connectivity index (χ1v) is 4.89. The Hall–Kier alpha value is -1.53. The van der Waals surface area contributed by atoms with E-state index >= 15 is 0 Å². The molecule has 4 heteroatoms. The molecule has 0 bridgehead atoms. The summed E-state index contributed by atoms with van der Waals surface area (Å²) in [5.41, 5.74) is 1.85. The van der Waals surface area contributed by atoms with Crippen LogP contribution in [0.1, 0.15) is 23.6 Å². The number of nitrogens with zero attached hydrogens (tertiary/aromatic N) is 1. The Labute approximate surface area is 92.9 Å². The standard InChI is InChI=1S/C11H10ClNO2/c1-2-10-7(5-11(14)15)3-9(12)4-8(10)6-13/h3-4H,2,5H2,1H3,(H,14,15). The van der Waals surface area contributed by atoms with Crippen molar-refractivity contribution in [3.05, 3.63) is 33.8 Å². The fraction of sp³-hybridized carbons (Fsp3) is 0.273. The summed E-state index contributed by atoms with van der Waals surface area (Å²) < 4.78 is 0. The van der Waals surface area contributed by atoms with E-state index in [0.29, 0.717) is 22.6 Å². The lowest BCUT2D eigenvalue weighted by atomic mass is 9.97. The summed E-state index contributed by atoms with van der Waals surface area (Å²) in [6.07, 6.45) is 0.529. The maximum absolute atomic E-state index is 10.6. The largest absolute Gasteiger partial charge is 0.481 e. The first-order valence-electron chi connectivity index (χ1n) is 4.51. The summed E-state index contributed by atoms with van der Waals surface area (Å²) in [6.45, 7) is 1.88. The Balaban J connectivity index is 3.30. The van der Waals surface area contributed by atoms with Crippen LogP contribution in [0.2, 0.25) is 5.02 Å². The van der Waals surface area contributed by atoms with Crippen LogP contribution in [0.5, 0.6) is 0 Å². The van der Waals surface area contributed by atoms with Crippen molar-refractivity contribution in [1.29, 1.82) is 5.26 Å². The van der Waals surface area contributed by atoms with Gasteiger partial charge >= 0.3 is 5.97 Å². The molecule has 1 aromatic carbocycles. The molecule has 0 heterocycles. The van der Waals surface area contributed by atoms with Crippen LogP contribution in [0.4, 0.5) is 0 Å². The third kappa shape index (κ3) is 2.71. The van der Waals surface area contributed by atoms with Crippen molar-refractivity contribution in [1.82, 2.24) is 0 Å². The predicted molar refractivity (Wildman–Crippen MR) is 56.9 cm³/mol. The minimum Gasteiger partial charge on any atom is -0.481 e. The molecule has 0 fully saturated rings. The SMILES string of the molecule is CCc1c(C#N)cc(Cl)cc1CC(=O)O. The Morgan fingerprint density at radius 3 is 2.73 bits per heavy atom. The van der Waals surface area contributed by atoms with Crippen LogP contribution in [0.3, 0.4) is 0 Å². The maximum Gasteiger partial charge on any atom is 0.307 e. The highest BCUT2D eigenvalue weighted by atomic mass is 35.5. The van der Waals surface area contributed by atoms with Gasteiger partial charge in [-0.15, -0.1) is 0 Å². The van der Waals surface area contributed by atoms with Gasteiger partial charge in [0.15, 0.2) is 0 Å². The molecule has 0 amide bonds. The highest BCUT2D eigenvalue weighted by molar-refractivity contribution is 6.30. The molecule has 15 heavy (non-hydrogen) atoms. The molecule has 0 aromatic heterocycles. The summed E-state index contributed by atoms with van der Waals surface area (Å²) in [4.78, 5) is 10.6. The number of rotatable bonds is 3. The van der Waals surface area contributed by atoms with Crippen molar-refractivity contribution >= 4 is 17.6 Å². The van der Waals surface area contributed by atoms with E-state index in [1.165, 1.54) is 0 Å². The molecule has 0 aliphatic heterocycles. The van der Waals surface area contributed by atoms with Gasteiger partial charge in [0.25, 0.3) is 0 Å². The first-order chi connectivity index (χ1) is 7.08. The summed E-state index contributed by atoms with van der Waals surface area (Å²) in [6, 6.07) is 5.19. The van der Waals surface area contributed by atoms with E-state index in [4.69, 9.17) is 22.0 Å². The highest BCUT2D eigenvalue weighted by Crippen LogP contribution is 2.21. The Morgan fingerprint density at radius 2 is 2.27 bits per heavy atom. The molecule has 0 radical (unpaired) electrons. The van der Waals surface area contributed by atoms with Crippen molar-refractivity contribution in [2.45, 2.75) is 19.8 Å². The summed E-state index contributed by atoms with van der Waals surface area (Å²) in [5, 5.41) is 18.0. The van der Waals surface area contributed by atoms with Gasteiger partial charge in [-0.25, -0.2) is 0 Å². The second-order valence-corrected chi connectivity index (χ2v) is 3.56. The number of carbonyl (C=O) groups is 1. The number of aliphatic carboxylic acids is 1. The molecular formula is C11H10ClNO2. The van der Waals surface area contributed by atoms with Gasteiger partial charge in [0.05, 0.1) is 18.1 Å². The van der Waals surface area contributed by atoms with Crippen molar-refractivity contribution < 1.29 is 9.90 Å². The molecule has 1 aromatic rings. The van der Waals surface area contributed by atoms with Crippen molar-refractivity contribution in [3.63, 3.8) is 0 Å². The summed E-state index contributed by atoms with van der Waals surface area (Å²) in [7, 11) is 0. The number of carboxylic acid groups (broad SMARTS) is 1. The van der Waals surface area contributed by atoms with Crippen LogP contribution in [0, 0.1) is 11.3 Å². The normalized spacial score (nSPS) is 9.67. The summed E-state index contributed by atoms with van der Waals surface area (Å²) >= 11 is 5.80. The molecule has 1 N–H and O–H groups in total. The maximum atomic E-state index is 10.6. The fourth-order valence-electron chi connectivity index (χ4n) is 1.53. The molecule has 0 spiro atoms. The van der Waals surface area contributed by atoms with Crippen molar-refractivity contribution in [2.75, 3.05) is 0 Å². The van der Waals surface area contributed by atoms with Crippen LogP contribution in [-0.2, 0) is 17.6 Å². The average Bonchev–Trinajstić information content (AvgIpc) is 2.15. The van der Waals surface area contributed by atoms with Gasteiger partial charge in [0.2, 0.25) is 0 Å². The monoisotopic (exact) mass is 223 g/mol. The molecule has 0 aliphatic carbocycles. The Morgan fingerprint density at radius 1 is 1.60 bits per heavy atom. The van der Waals surface area contributed by atoms with Crippen molar-refractivity contribution in [3.8, 4) is 6.07 Å². The lowest BCUT2D eigenvalue weighted by Crippen LogP contribution is -2.05. The predicted octanol–water partition coefficient (Wildman–Crippen LogP) is 2.40. The van der Waals surface area contributed by atoms with Gasteiger partial charge in [-0.3, -0.25) is 4.79 Å². The zero-order valence-corrected chi connectivity index (χ0v) is 9.01. The van der Waals surface area contributed by atoms with Crippen LogP contribution < -0.4 is 0 Å². The van der Waals surface area contributed by atoms with E-state index < -0.39 is 5.97 Å². The second-order valence-electron chi connectivity index (χ2n) is 3.13. The van der Waals surface area contributed by atoms with Crippen LogP contribution in [0.15, 0.2) is 12.1 Å². The summed E-state index contributed by atoms with van der Waals surface area (Å²) in [5.74, 6) is -0.921. The number of halogens is 1. The van der Waals surface area contributed by atoms with E-state index in [2.05, 4.69) is 0 Å². The van der Waals surface area contributed by atoms with Gasteiger partial charge in [-0.1, -0.05) is 18.5 Å². The number of nitriles is 1. The van der Waals surface area contributed by atoms with E-state index in [1.54, 1.807) is 12.1 Å². The zero-order chi connectivity index (χ0) is 11.4. The Kier molecular flexibility index (Phi) is 3.70. The van der Waals surface area contributed by atoms with Gasteiger partial charge in [-0.05, 0) is 29.7 Å². The van der Waals surface area contributed by atoms with E-state index in [1.807, 2.05) is 13.0 Å². The number of carboxylic acids is 1. The number of hydrogen-bond acceptors (Lipinski definition) is 2. The smallest absolute Gasteiger partial charge is 0.307 e. The molecule has 3 nitrogen and oxygen atoms in total. The molecule has 0 saturated heterocycles. The van der Waals surface area contributed by atoms with Crippen LogP contribution >= 0.6 is 11.6 Å². The van der Waals surface area contributed by atoms with Gasteiger partial charge in [-0.2, -0.15) is 5.26 Å².